The monoisotopic (exact) mass is 936 g/mol. The molecule has 0 fully saturated rings. The molecule has 0 aliphatic heterocycles. The Bertz CT molecular complexity index is 1530. The molecular formula is C57H96N2O6P+. The molecule has 0 aromatic rings. The fourth-order valence-electron chi connectivity index (χ4n) is 6.32. The summed E-state index contributed by atoms with van der Waals surface area (Å²) in [5.74, 6) is -0.223. The van der Waals surface area contributed by atoms with Crippen molar-refractivity contribution < 1.29 is 32.9 Å². The number of amides is 1. The average Bonchev–Trinajstić information content (AvgIpc) is 3.28. The topological polar surface area (TPSA) is 105 Å². The van der Waals surface area contributed by atoms with Gasteiger partial charge >= 0.3 is 7.82 Å². The van der Waals surface area contributed by atoms with Gasteiger partial charge in [-0.05, 0) is 109 Å². The summed E-state index contributed by atoms with van der Waals surface area (Å²) in [6.45, 7) is 4.60. The minimum Gasteiger partial charge on any atom is -0.387 e. The number of likely N-dealkylation sites (N-methyl/N-ethyl adjacent to an activating group) is 1. The molecule has 0 rings (SSSR count). The molecule has 0 aliphatic carbocycles. The molecule has 0 aromatic carbocycles. The molecule has 3 N–H and O–H groups in total. The van der Waals surface area contributed by atoms with E-state index in [1.54, 1.807) is 6.08 Å². The van der Waals surface area contributed by atoms with E-state index in [4.69, 9.17) is 9.05 Å². The van der Waals surface area contributed by atoms with Crippen LogP contribution < -0.4 is 5.32 Å². The average molecular weight is 936 g/mol. The second kappa shape index (κ2) is 46.7. The number of carbonyl (C=O) groups is 1. The number of nitrogens with zero attached hydrogens (tertiary/aromatic N) is 1. The van der Waals surface area contributed by atoms with Crippen LogP contribution >= 0.6 is 7.82 Å². The van der Waals surface area contributed by atoms with Gasteiger partial charge in [0.15, 0.2) is 0 Å². The Balaban J connectivity index is 4.42. The maximum Gasteiger partial charge on any atom is 0.472 e. The van der Waals surface area contributed by atoms with Crippen LogP contribution in [0.25, 0.3) is 0 Å². The van der Waals surface area contributed by atoms with Gasteiger partial charge in [-0.1, -0.05) is 186 Å². The van der Waals surface area contributed by atoms with Gasteiger partial charge in [0.2, 0.25) is 5.91 Å². The highest BCUT2D eigenvalue weighted by atomic mass is 31.2. The van der Waals surface area contributed by atoms with Crippen LogP contribution in [-0.2, 0) is 18.4 Å². The third-order valence-electron chi connectivity index (χ3n) is 10.3. The van der Waals surface area contributed by atoms with Gasteiger partial charge in [-0.3, -0.25) is 13.8 Å². The Labute approximate surface area is 405 Å². The Morgan fingerprint density at radius 2 is 0.924 bits per heavy atom. The van der Waals surface area contributed by atoms with Gasteiger partial charge in [-0.2, -0.15) is 0 Å². The third kappa shape index (κ3) is 48.6. The molecule has 0 saturated heterocycles. The van der Waals surface area contributed by atoms with Crippen LogP contribution in [0.1, 0.15) is 168 Å². The molecule has 9 heteroatoms. The maximum absolute atomic E-state index is 12.9. The van der Waals surface area contributed by atoms with Crippen molar-refractivity contribution in [3.63, 3.8) is 0 Å². The van der Waals surface area contributed by atoms with Crippen LogP contribution in [-0.4, -0.2) is 73.4 Å². The number of phosphoric ester groups is 1. The van der Waals surface area contributed by atoms with Crippen molar-refractivity contribution in [2.24, 2.45) is 0 Å². The van der Waals surface area contributed by atoms with Crippen molar-refractivity contribution >= 4 is 13.7 Å². The van der Waals surface area contributed by atoms with Gasteiger partial charge in [0.05, 0.1) is 39.9 Å². The molecule has 66 heavy (non-hydrogen) atoms. The minimum absolute atomic E-state index is 0.0399. The molecule has 3 unspecified atom stereocenters. The van der Waals surface area contributed by atoms with Gasteiger partial charge in [0.1, 0.15) is 13.2 Å². The van der Waals surface area contributed by atoms with Crippen LogP contribution in [0.2, 0.25) is 0 Å². The van der Waals surface area contributed by atoms with Crippen LogP contribution in [0.15, 0.2) is 134 Å². The van der Waals surface area contributed by atoms with E-state index in [-0.39, 0.29) is 19.1 Å². The number of unbranched alkanes of at least 4 members (excludes halogenated alkanes) is 11. The first kappa shape index (κ1) is 62.6. The highest BCUT2D eigenvalue weighted by molar-refractivity contribution is 7.47. The van der Waals surface area contributed by atoms with Crippen LogP contribution in [0.4, 0.5) is 0 Å². The molecule has 0 spiro atoms. The number of hydrogen-bond donors (Lipinski definition) is 3. The maximum atomic E-state index is 12.9. The molecule has 0 aromatic heterocycles. The van der Waals surface area contributed by atoms with E-state index in [9.17, 15) is 19.4 Å². The van der Waals surface area contributed by atoms with Gasteiger partial charge in [-0.15, -0.1) is 0 Å². The number of carbonyl (C=O) groups excluding carboxylic acids is 1. The van der Waals surface area contributed by atoms with Crippen molar-refractivity contribution in [1.82, 2.24) is 5.32 Å². The van der Waals surface area contributed by atoms with E-state index in [2.05, 4.69) is 141 Å². The van der Waals surface area contributed by atoms with Crippen molar-refractivity contribution in [2.45, 2.75) is 180 Å². The number of rotatable bonds is 44. The molecule has 8 nitrogen and oxygen atoms in total. The van der Waals surface area contributed by atoms with E-state index < -0.39 is 20.0 Å². The molecular weight excluding hydrogens is 840 g/mol. The van der Waals surface area contributed by atoms with E-state index in [0.717, 1.165) is 116 Å². The van der Waals surface area contributed by atoms with Crippen molar-refractivity contribution in [3.8, 4) is 0 Å². The second-order valence-corrected chi connectivity index (χ2v) is 19.2. The zero-order chi connectivity index (χ0) is 48.5. The number of hydrogen-bond acceptors (Lipinski definition) is 5. The highest BCUT2D eigenvalue weighted by Gasteiger charge is 2.27. The first-order chi connectivity index (χ1) is 32.0. The number of aliphatic hydroxyl groups excluding tert-OH is 1. The molecule has 1 amide bonds. The lowest BCUT2D eigenvalue weighted by atomic mass is 10.1. The normalized spacial score (nSPS) is 15.2. The largest absolute Gasteiger partial charge is 0.472 e. The lowest BCUT2D eigenvalue weighted by Gasteiger charge is -2.25. The SMILES string of the molecule is CC/C=C\C/C=C\C/C=C\C/C=C\C/C=C\C/C=C\C/C=C\C/C=C\CCCCCCC(=O)NC(COP(=O)(O)OCC[N+](C)(C)C)C(O)/C=C/CC/C=C/CC/C=C/CCCCCCC. The van der Waals surface area contributed by atoms with Crippen LogP contribution in [0.3, 0.4) is 0 Å². The Kier molecular flexibility index (Phi) is 44.4. The number of allylic oxidation sites excluding steroid dienone is 21. The summed E-state index contributed by atoms with van der Waals surface area (Å²) in [6, 6.07) is -0.894. The molecule has 0 heterocycles. The number of aliphatic hydroxyl groups is 1. The smallest absolute Gasteiger partial charge is 0.387 e. The van der Waals surface area contributed by atoms with Crippen molar-refractivity contribution in [3.05, 3.63) is 134 Å². The van der Waals surface area contributed by atoms with E-state index in [0.29, 0.717) is 17.4 Å². The van der Waals surface area contributed by atoms with E-state index >= 15 is 0 Å². The summed E-state index contributed by atoms with van der Waals surface area (Å²) in [6.07, 6.45) is 71.1. The Morgan fingerprint density at radius 3 is 1.38 bits per heavy atom. The third-order valence-corrected chi connectivity index (χ3v) is 11.3. The fourth-order valence-corrected chi connectivity index (χ4v) is 7.06. The Morgan fingerprint density at radius 1 is 0.530 bits per heavy atom. The van der Waals surface area contributed by atoms with Crippen LogP contribution in [0, 0.1) is 0 Å². The zero-order valence-electron chi connectivity index (χ0n) is 42.4. The molecule has 0 radical (unpaired) electrons. The first-order valence-corrected chi connectivity index (χ1v) is 27.1. The summed E-state index contributed by atoms with van der Waals surface area (Å²) in [5.41, 5.74) is 0. The van der Waals surface area contributed by atoms with Gasteiger partial charge in [0, 0.05) is 6.42 Å². The summed E-state index contributed by atoms with van der Waals surface area (Å²) in [7, 11) is 1.50. The van der Waals surface area contributed by atoms with Gasteiger partial charge < -0.3 is 19.8 Å². The van der Waals surface area contributed by atoms with E-state index in [1.165, 1.54) is 32.1 Å². The summed E-state index contributed by atoms with van der Waals surface area (Å²) >= 11 is 0. The number of quaternary nitrogens is 1. The summed E-state index contributed by atoms with van der Waals surface area (Å²) in [4.78, 5) is 23.2. The predicted molar refractivity (Wildman–Crippen MR) is 285 cm³/mol. The molecule has 0 aliphatic rings. The summed E-state index contributed by atoms with van der Waals surface area (Å²) in [5, 5.41) is 13.8. The molecule has 3 atom stereocenters. The van der Waals surface area contributed by atoms with Crippen LogP contribution in [0.5, 0.6) is 0 Å². The van der Waals surface area contributed by atoms with Crippen molar-refractivity contribution in [1.29, 1.82) is 0 Å². The standard InChI is InChI=1S/C57H95N2O6P/c1-6-8-10-12-14-16-18-20-22-23-24-25-26-27-28-29-30-31-32-33-34-35-37-39-41-43-45-47-49-51-57(61)58-55(54-65-66(62,63)64-53-52-59(3,4)5)56(60)50-48-46-44-42-40-38-36-21-19-17-15-13-11-9-7-2/h8,10,14,16,19-22,24-25,27-28,30-31,33-34,37,39-40,42,48,50,55-56,60H,6-7,9,11-13,15,17-18,23,26,29,32,35-36,38,41,43-47,49,51-54H2,1-5H3,(H-,58,61,62,63)/p+1/b10-8-,16-14-,21-19+,22-20-,25-24-,28-27-,31-30-,34-33-,39-37-,42-40+,50-48+. The highest BCUT2D eigenvalue weighted by Crippen LogP contribution is 2.43. The van der Waals surface area contributed by atoms with E-state index in [1.807, 2.05) is 27.2 Å². The lowest BCUT2D eigenvalue weighted by Crippen LogP contribution is -2.45. The zero-order valence-corrected chi connectivity index (χ0v) is 43.3. The molecule has 0 saturated carbocycles. The van der Waals surface area contributed by atoms with Gasteiger partial charge in [-0.25, -0.2) is 4.57 Å². The fraction of sp³-hybridized carbons (Fsp3) is 0.596. The molecule has 374 valence electrons. The number of phosphoric acid groups is 1. The first-order valence-electron chi connectivity index (χ1n) is 25.6. The Hall–Kier alpha value is -3.36. The minimum atomic E-state index is -4.37. The predicted octanol–water partition coefficient (Wildman–Crippen LogP) is 15.2. The van der Waals surface area contributed by atoms with Gasteiger partial charge in [0.25, 0.3) is 0 Å². The second-order valence-electron chi connectivity index (χ2n) is 17.8. The molecule has 0 bridgehead atoms. The van der Waals surface area contributed by atoms with Crippen molar-refractivity contribution in [2.75, 3.05) is 40.9 Å². The lowest BCUT2D eigenvalue weighted by molar-refractivity contribution is -0.870. The summed E-state index contributed by atoms with van der Waals surface area (Å²) < 4.78 is 23.6. The quantitative estimate of drug-likeness (QED) is 0.0243. The number of nitrogens with one attached hydrogen (secondary N) is 1.